The lowest BCUT2D eigenvalue weighted by Crippen LogP contribution is -2.30. The number of aliphatic hydroxyl groups is 4. The first-order chi connectivity index (χ1) is 10.1. The van der Waals surface area contributed by atoms with Crippen LogP contribution in [0.4, 0.5) is 0 Å². The molecule has 0 aromatic carbocycles. The van der Waals surface area contributed by atoms with Crippen LogP contribution >= 0.6 is 0 Å². The normalized spacial score (nSPS) is 13.8. The maximum atomic E-state index is 9.52. The molecule has 0 aliphatic heterocycles. The minimum atomic E-state index is -0.574. The van der Waals surface area contributed by atoms with Crippen LogP contribution in [0.1, 0.15) is 73.6 Å². The van der Waals surface area contributed by atoms with Crippen molar-refractivity contribution in [3.63, 3.8) is 0 Å². The van der Waals surface area contributed by atoms with Crippen LogP contribution in [0.25, 0.3) is 0 Å². The Bertz CT molecular complexity index is 234. The van der Waals surface area contributed by atoms with Crippen LogP contribution in [0, 0.1) is 17.3 Å². The maximum Gasteiger partial charge on any atom is 0.0617 e. The van der Waals surface area contributed by atoms with Gasteiger partial charge in [-0.25, -0.2) is 0 Å². The van der Waals surface area contributed by atoms with Crippen LogP contribution in [-0.2, 0) is 0 Å². The fourth-order valence-electron chi connectivity index (χ4n) is 2.33. The van der Waals surface area contributed by atoms with E-state index in [0.29, 0.717) is 11.8 Å². The molecule has 0 spiro atoms. The molecular weight excluding hydrogens is 280 g/mol. The van der Waals surface area contributed by atoms with Gasteiger partial charge in [0.15, 0.2) is 0 Å². The monoisotopic (exact) mass is 320 g/mol. The van der Waals surface area contributed by atoms with Crippen molar-refractivity contribution < 1.29 is 20.4 Å². The van der Waals surface area contributed by atoms with Gasteiger partial charge in [-0.3, -0.25) is 0 Å². The van der Waals surface area contributed by atoms with Crippen molar-refractivity contribution >= 4 is 0 Å². The van der Waals surface area contributed by atoms with Gasteiger partial charge in [-0.1, -0.05) is 34.1 Å². The van der Waals surface area contributed by atoms with Gasteiger partial charge in [0.2, 0.25) is 0 Å². The summed E-state index contributed by atoms with van der Waals surface area (Å²) in [6.07, 6.45) is 4.58. The van der Waals surface area contributed by atoms with Gasteiger partial charge in [0.25, 0.3) is 0 Å². The van der Waals surface area contributed by atoms with Gasteiger partial charge in [-0.15, -0.1) is 0 Å². The summed E-state index contributed by atoms with van der Waals surface area (Å²) in [5.41, 5.74) is -0.816. The fraction of sp³-hybridized carbons (Fsp3) is 1.00. The molecular formula is C18H40O4. The highest BCUT2D eigenvalue weighted by atomic mass is 16.3. The molecule has 0 saturated heterocycles. The molecule has 1 atom stereocenters. The summed E-state index contributed by atoms with van der Waals surface area (Å²) >= 11 is 0. The first-order valence-corrected chi connectivity index (χ1v) is 8.63. The average molecular weight is 321 g/mol. The van der Waals surface area contributed by atoms with Crippen molar-refractivity contribution in [3.8, 4) is 0 Å². The smallest absolute Gasteiger partial charge is 0.0617 e. The van der Waals surface area contributed by atoms with Crippen LogP contribution in [0.2, 0.25) is 0 Å². The van der Waals surface area contributed by atoms with Crippen LogP contribution < -0.4 is 0 Å². The molecule has 0 aromatic heterocycles. The van der Waals surface area contributed by atoms with E-state index in [4.69, 9.17) is 15.3 Å². The predicted octanol–water partition coefficient (Wildman–Crippen LogP) is 2.97. The molecule has 0 fully saturated rings. The zero-order chi connectivity index (χ0) is 17.8. The van der Waals surface area contributed by atoms with Crippen molar-refractivity contribution in [1.29, 1.82) is 0 Å². The molecule has 0 aliphatic rings. The highest BCUT2D eigenvalue weighted by molar-refractivity contribution is 4.77. The van der Waals surface area contributed by atoms with Crippen LogP contribution in [0.3, 0.4) is 0 Å². The standard InChI is InChI=1S/2C9H20O2/c1-8(9(2,3)11)6-4-5-7-10;1-4-9(6-10,7-11)5-8(2)3/h2*8,10-11H,4-7H2,1-3H3. The summed E-state index contributed by atoms with van der Waals surface area (Å²) in [4.78, 5) is 0. The third-order valence-corrected chi connectivity index (χ3v) is 4.51. The summed E-state index contributed by atoms with van der Waals surface area (Å²) in [5, 5.41) is 36.2. The van der Waals surface area contributed by atoms with E-state index in [0.717, 1.165) is 32.1 Å². The van der Waals surface area contributed by atoms with Crippen molar-refractivity contribution in [2.75, 3.05) is 19.8 Å². The van der Waals surface area contributed by atoms with Crippen LogP contribution in [0.5, 0.6) is 0 Å². The largest absolute Gasteiger partial charge is 0.396 e. The summed E-state index contributed by atoms with van der Waals surface area (Å²) in [6.45, 7) is 12.4. The molecule has 0 radical (unpaired) electrons. The second-order valence-electron chi connectivity index (χ2n) is 7.54. The molecule has 1 unspecified atom stereocenters. The number of aliphatic hydroxyl groups excluding tert-OH is 3. The maximum absolute atomic E-state index is 9.52. The van der Waals surface area contributed by atoms with E-state index in [2.05, 4.69) is 13.8 Å². The number of unbranched alkanes of at least 4 members (excludes halogenated alkanes) is 1. The third-order valence-electron chi connectivity index (χ3n) is 4.51. The van der Waals surface area contributed by atoms with Gasteiger partial charge in [-0.05, 0) is 51.4 Å². The molecule has 0 saturated carbocycles. The van der Waals surface area contributed by atoms with Gasteiger partial charge in [-0.2, -0.15) is 0 Å². The first-order valence-electron chi connectivity index (χ1n) is 8.63. The van der Waals surface area contributed by atoms with Crippen LogP contribution in [-0.4, -0.2) is 45.8 Å². The van der Waals surface area contributed by atoms with Crippen molar-refractivity contribution in [2.24, 2.45) is 17.3 Å². The minimum absolute atomic E-state index is 0.0954. The highest BCUT2D eigenvalue weighted by Gasteiger charge is 2.27. The molecule has 0 aliphatic carbocycles. The van der Waals surface area contributed by atoms with Gasteiger partial charge in [0, 0.05) is 12.0 Å². The molecule has 0 amide bonds. The Balaban J connectivity index is 0. The van der Waals surface area contributed by atoms with Crippen molar-refractivity contribution in [1.82, 2.24) is 0 Å². The third kappa shape index (κ3) is 11.4. The lowest BCUT2D eigenvalue weighted by Gasteiger charge is -2.29. The van der Waals surface area contributed by atoms with E-state index >= 15 is 0 Å². The van der Waals surface area contributed by atoms with Gasteiger partial charge >= 0.3 is 0 Å². The van der Waals surface area contributed by atoms with Gasteiger partial charge in [0.05, 0.1) is 18.8 Å². The Morgan fingerprint density at radius 3 is 1.64 bits per heavy atom. The van der Waals surface area contributed by atoms with Gasteiger partial charge in [0.1, 0.15) is 0 Å². The zero-order valence-electron chi connectivity index (χ0n) is 15.6. The van der Waals surface area contributed by atoms with Gasteiger partial charge < -0.3 is 20.4 Å². The van der Waals surface area contributed by atoms with Crippen LogP contribution in [0.15, 0.2) is 0 Å². The molecule has 0 aromatic rings. The van der Waals surface area contributed by atoms with Crippen molar-refractivity contribution in [2.45, 2.75) is 79.2 Å². The SMILES string of the molecule is CC(CCCCO)C(C)(C)O.CCC(CO)(CO)CC(C)C. The highest BCUT2D eigenvalue weighted by Crippen LogP contribution is 2.28. The van der Waals surface area contributed by atoms with E-state index in [1.165, 1.54) is 0 Å². The quantitative estimate of drug-likeness (QED) is 0.467. The Morgan fingerprint density at radius 1 is 0.909 bits per heavy atom. The lowest BCUT2D eigenvalue weighted by molar-refractivity contribution is 0.0199. The topological polar surface area (TPSA) is 80.9 Å². The summed E-state index contributed by atoms with van der Waals surface area (Å²) in [6, 6.07) is 0. The molecule has 4 nitrogen and oxygen atoms in total. The molecule has 0 heterocycles. The molecule has 0 bridgehead atoms. The summed E-state index contributed by atoms with van der Waals surface area (Å²) in [7, 11) is 0. The van der Waals surface area contributed by atoms with E-state index in [9.17, 15) is 5.11 Å². The summed E-state index contributed by atoms with van der Waals surface area (Å²) < 4.78 is 0. The van der Waals surface area contributed by atoms with E-state index < -0.39 is 5.60 Å². The van der Waals surface area contributed by atoms with E-state index in [1.54, 1.807) is 0 Å². The number of hydrogen-bond donors (Lipinski definition) is 4. The second kappa shape index (κ2) is 12.3. The Morgan fingerprint density at radius 2 is 1.41 bits per heavy atom. The molecule has 0 rings (SSSR count). The Hall–Kier alpha value is -0.160. The average Bonchev–Trinajstić information content (AvgIpc) is 2.44. The van der Waals surface area contributed by atoms with E-state index in [1.807, 2.05) is 27.7 Å². The Labute approximate surface area is 137 Å². The molecule has 4 N–H and O–H groups in total. The molecule has 4 heteroatoms. The van der Waals surface area contributed by atoms with E-state index in [-0.39, 0.29) is 25.2 Å². The number of hydrogen-bond acceptors (Lipinski definition) is 4. The zero-order valence-corrected chi connectivity index (χ0v) is 15.6. The fourth-order valence-corrected chi connectivity index (χ4v) is 2.33. The predicted molar refractivity (Wildman–Crippen MR) is 92.7 cm³/mol. The number of rotatable bonds is 10. The molecule has 22 heavy (non-hydrogen) atoms. The Kier molecular flexibility index (Phi) is 13.5. The van der Waals surface area contributed by atoms with Crippen molar-refractivity contribution in [3.05, 3.63) is 0 Å². The lowest BCUT2D eigenvalue weighted by atomic mass is 9.79. The molecule has 136 valence electrons. The first kappa shape index (κ1) is 24.1. The summed E-state index contributed by atoms with van der Waals surface area (Å²) in [5.74, 6) is 0.850. The minimum Gasteiger partial charge on any atom is -0.396 e. The second-order valence-corrected chi connectivity index (χ2v) is 7.54.